The van der Waals surface area contributed by atoms with Crippen LogP contribution in [0.1, 0.15) is 26.2 Å². The smallest absolute Gasteiger partial charge is 0.333 e. The van der Waals surface area contributed by atoms with E-state index in [1.165, 1.54) is 7.11 Å². The Morgan fingerprint density at radius 1 is 1.43 bits per heavy atom. The van der Waals surface area contributed by atoms with Crippen LogP contribution in [0.4, 0.5) is 0 Å². The highest BCUT2D eigenvalue weighted by molar-refractivity contribution is 5.88. The lowest BCUT2D eigenvalue weighted by Gasteiger charge is -2.13. The van der Waals surface area contributed by atoms with Crippen LogP contribution in [0, 0.1) is 0 Å². The van der Waals surface area contributed by atoms with Crippen LogP contribution in [-0.4, -0.2) is 19.7 Å². The zero-order chi connectivity index (χ0) is 10.4. The summed E-state index contributed by atoms with van der Waals surface area (Å²) in [6, 6.07) is 0. The molecule has 0 aliphatic heterocycles. The molecule has 3 nitrogen and oxygen atoms in total. The molecule has 78 valence electrons. The van der Waals surface area contributed by atoms with Crippen molar-refractivity contribution in [2.75, 3.05) is 13.7 Å². The molecule has 0 aromatic heterocycles. The minimum absolute atomic E-state index is 0.240. The van der Waals surface area contributed by atoms with Gasteiger partial charge in [0.1, 0.15) is 0 Å². The molecule has 1 rings (SSSR count). The van der Waals surface area contributed by atoms with Gasteiger partial charge in [0, 0.05) is 12.0 Å². The second kappa shape index (κ2) is 5.47. The van der Waals surface area contributed by atoms with Crippen molar-refractivity contribution in [1.82, 2.24) is 0 Å². The molecule has 0 heterocycles. The predicted molar refractivity (Wildman–Crippen MR) is 53.7 cm³/mol. The van der Waals surface area contributed by atoms with E-state index in [9.17, 15) is 4.79 Å². The highest BCUT2D eigenvalue weighted by Crippen LogP contribution is 2.19. The summed E-state index contributed by atoms with van der Waals surface area (Å²) in [4.78, 5) is 11.1. The Kier molecular flexibility index (Phi) is 4.23. The zero-order valence-corrected chi connectivity index (χ0v) is 8.71. The summed E-state index contributed by atoms with van der Waals surface area (Å²) in [5.74, 6) is 0.718. The molecule has 1 aliphatic rings. The Bertz CT molecular complexity index is 264. The molecule has 0 saturated heterocycles. The van der Waals surface area contributed by atoms with Gasteiger partial charge >= 0.3 is 5.97 Å². The van der Waals surface area contributed by atoms with E-state index in [4.69, 9.17) is 4.74 Å². The van der Waals surface area contributed by atoms with E-state index in [1.807, 2.05) is 6.08 Å². The van der Waals surface area contributed by atoms with E-state index in [2.05, 4.69) is 11.7 Å². The molecule has 0 spiro atoms. The van der Waals surface area contributed by atoms with E-state index in [0.717, 1.165) is 30.8 Å². The minimum Gasteiger partial charge on any atom is -0.498 e. The summed E-state index contributed by atoms with van der Waals surface area (Å²) >= 11 is 0. The highest BCUT2D eigenvalue weighted by atomic mass is 16.5. The maximum Gasteiger partial charge on any atom is 0.333 e. The van der Waals surface area contributed by atoms with Crippen molar-refractivity contribution in [2.24, 2.45) is 0 Å². The van der Waals surface area contributed by atoms with Gasteiger partial charge in [0.2, 0.25) is 0 Å². The topological polar surface area (TPSA) is 35.5 Å². The van der Waals surface area contributed by atoms with Crippen LogP contribution in [0.25, 0.3) is 0 Å². The van der Waals surface area contributed by atoms with Gasteiger partial charge in [-0.1, -0.05) is 6.92 Å². The Labute approximate surface area is 84.4 Å². The van der Waals surface area contributed by atoms with E-state index < -0.39 is 0 Å². The van der Waals surface area contributed by atoms with Crippen LogP contribution < -0.4 is 0 Å². The fourth-order valence-corrected chi connectivity index (χ4v) is 1.27. The molecular weight excluding hydrogens is 180 g/mol. The van der Waals surface area contributed by atoms with Gasteiger partial charge in [-0.2, -0.15) is 0 Å². The maximum atomic E-state index is 11.1. The first kappa shape index (κ1) is 10.8. The first-order valence-electron chi connectivity index (χ1n) is 4.88. The third-order valence-electron chi connectivity index (χ3n) is 2.05. The van der Waals surface area contributed by atoms with Crippen molar-refractivity contribution in [2.45, 2.75) is 26.2 Å². The Morgan fingerprint density at radius 2 is 2.21 bits per heavy atom. The fraction of sp³-hybridized carbons (Fsp3) is 0.545. The number of hydrogen-bond donors (Lipinski definition) is 0. The van der Waals surface area contributed by atoms with Crippen molar-refractivity contribution < 1.29 is 14.3 Å². The fourth-order valence-electron chi connectivity index (χ4n) is 1.27. The van der Waals surface area contributed by atoms with Crippen molar-refractivity contribution >= 4 is 5.97 Å². The van der Waals surface area contributed by atoms with E-state index in [-0.39, 0.29) is 5.97 Å². The van der Waals surface area contributed by atoms with Gasteiger partial charge in [-0.3, -0.25) is 0 Å². The average molecular weight is 196 g/mol. The van der Waals surface area contributed by atoms with Crippen molar-refractivity contribution in [3.8, 4) is 0 Å². The highest BCUT2D eigenvalue weighted by Gasteiger charge is 2.13. The molecule has 0 atom stereocenters. The van der Waals surface area contributed by atoms with Crippen LogP contribution in [0.15, 0.2) is 23.5 Å². The first-order chi connectivity index (χ1) is 6.77. The summed E-state index contributed by atoms with van der Waals surface area (Å²) < 4.78 is 10.1. The predicted octanol–water partition coefficient (Wildman–Crippen LogP) is 2.19. The molecule has 1 aliphatic carbocycles. The van der Waals surface area contributed by atoms with Crippen LogP contribution in [0.2, 0.25) is 0 Å². The summed E-state index contributed by atoms with van der Waals surface area (Å²) in [6.45, 7) is 2.81. The molecule has 0 fully saturated rings. The Morgan fingerprint density at radius 3 is 2.71 bits per heavy atom. The average Bonchev–Trinajstić information content (AvgIpc) is 2.26. The second-order valence-corrected chi connectivity index (χ2v) is 3.16. The lowest BCUT2D eigenvalue weighted by molar-refractivity contribution is -0.136. The zero-order valence-electron chi connectivity index (χ0n) is 8.71. The molecule has 3 heteroatoms. The third kappa shape index (κ3) is 2.91. The molecule has 0 aromatic rings. The number of esters is 1. The van der Waals surface area contributed by atoms with Gasteiger partial charge < -0.3 is 9.47 Å². The van der Waals surface area contributed by atoms with Gasteiger partial charge in [0.15, 0.2) is 0 Å². The van der Waals surface area contributed by atoms with Gasteiger partial charge in [-0.15, -0.1) is 0 Å². The van der Waals surface area contributed by atoms with Gasteiger partial charge in [0.05, 0.1) is 19.5 Å². The molecule has 0 unspecified atom stereocenters. The summed E-state index contributed by atoms with van der Waals surface area (Å²) in [7, 11) is 1.40. The number of ether oxygens (including phenoxy) is 2. The van der Waals surface area contributed by atoms with Crippen LogP contribution in [-0.2, 0) is 14.3 Å². The molecule has 0 radical (unpaired) electrons. The molecule has 0 aromatic carbocycles. The van der Waals surface area contributed by atoms with Crippen molar-refractivity contribution in [1.29, 1.82) is 0 Å². The van der Waals surface area contributed by atoms with Crippen LogP contribution >= 0.6 is 0 Å². The van der Waals surface area contributed by atoms with Crippen LogP contribution in [0.3, 0.4) is 0 Å². The van der Waals surface area contributed by atoms with Crippen molar-refractivity contribution in [3.05, 3.63) is 23.5 Å². The summed E-state index contributed by atoms with van der Waals surface area (Å²) in [5, 5.41) is 0. The number of rotatable bonds is 4. The van der Waals surface area contributed by atoms with Crippen molar-refractivity contribution in [3.63, 3.8) is 0 Å². The number of hydrogen-bond acceptors (Lipinski definition) is 3. The molecular formula is C11H16O3. The molecule has 14 heavy (non-hydrogen) atoms. The van der Waals surface area contributed by atoms with Crippen LogP contribution in [0.5, 0.6) is 0 Å². The van der Waals surface area contributed by atoms with E-state index in [0.29, 0.717) is 6.42 Å². The molecule has 0 amide bonds. The largest absolute Gasteiger partial charge is 0.498 e. The summed E-state index contributed by atoms with van der Waals surface area (Å²) in [6.07, 6.45) is 6.14. The summed E-state index contributed by atoms with van der Waals surface area (Å²) in [5.41, 5.74) is 0.719. The number of allylic oxidation sites excluding steroid dienone is 3. The van der Waals surface area contributed by atoms with E-state index >= 15 is 0 Å². The molecule has 0 bridgehead atoms. The van der Waals surface area contributed by atoms with Gasteiger partial charge in [0.25, 0.3) is 0 Å². The lowest BCUT2D eigenvalue weighted by atomic mass is 10.0. The second-order valence-electron chi connectivity index (χ2n) is 3.16. The monoisotopic (exact) mass is 196 g/mol. The Hall–Kier alpha value is -1.25. The van der Waals surface area contributed by atoms with Gasteiger partial charge in [-0.25, -0.2) is 4.79 Å². The van der Waals surface area contributed by atoms with E-state index in [1.54, 1.807) is 6.08 Å². The number of methoxy groups -OCH3 is 1. The molecule has 0 saturated carbocycles. The number of carbonyl (C=O) groups excluding carboxylic acids is 1. The standard InChI is InChI=1S/C11H16O3/c1-3-8-14-10-6-4-9(5-7-10)11(12)13-2/h4,6H,3,5,7-8H2,1-2H3. The third-order valence-corrected chi connectivity index (χ3v) is 2.05. The quantitative estimate of drug-likeness (QED) is 0.646. The molecule has 0 N–H and O–H groups in total. The minimum atomic E-state index is -0.240. The Balaban J connectivity index is 2.50. The first-order valence-corrected chi connectivity index (χ1v) is 4.88. The number of carbonyl (C=O) groups is 1. The normalized spacial score (nSPS) is 15.6. The lowest BCUT2D eigenvalue weighted by Crippen LogP contribution is -2.08. The maximum absolute atomic E-state index is 11.1. The SMILES string of the molecule is CCCOC1=CC=C(C(=O)OC)CC1. The van der Waals surface area contributed by atoms with Gasteiger partial charge in [-0.05, 0) is 25.0 Å².